The summed E-state index contributed by atoms with van der Waals surface area (Å²) in [6.45, 7) is 7.43. The van der Waals surface area contributed by atoms with Gasteiger partial charge in [0.15, 0.2) is 12.3 Å². The van der Waals surface area contributed by atoms with E-state index < -0.39 is 0 Å². The van der Waals surface area contributed by atoms with E-state index in [0.29, 0.717) is 37.1 Å². The molecule has 2 heterocycles. The zero-order valence-corrected chi connectivity index (χ0v) is 20.9. The van der Waals surface area contributed by atoms with Gasteiger partial charge in [0.25, 0.3) is 5.91 Å². The highest BCUT2D eigenvalue weighted by atomic mass is 16.5. The molecule has 2 aromatic carbocycles. The van der Waals surface area contributed by atoms with E-state index in [9.17, 15) is 9.59 Å². The normalized spacial score (nSPS) is 15.1. The summed E-state index contributed by atoms with van der Waals surface area (Å²) in [6, 6.07) is 16.0. The Balaban J connectivity index is 1.57. The third-order valence-corrected chi connectivity index (χ3v) is 6.32. The maximum absolute atomic E-state index is 13.2. The Morgan fingerprint density at radius 1 is 1.20 bits per heavy atom. The van der Waals surface area contributed by atoms with Crippen molar-refractivity contribution in [1.82, 2.24) is 14.8 Å². The average molecular weight is 476 g/mol. The van der Waals surface area contributed by atoms with Crippen molar-refractivity contribution in [2.45, 2.75) is 46.3 Å². The van der Waals surface area contributed by atoms with Gasteiger partial charge in [-0.2, -0.15) is 0 Å². The van der Waals surface area contributed by atoms with Gasteiger partial charge in [-0.15, -0.1) is 0 Å². The van der Waals surface area contributed by atoms with Crippen molar-refractivity contribution in [3.05, 3.63) is 83.1 Å². The summed E-state index contributed by atoms with van der Waals surface area (Å²) < 4.78 is 11.5. The van der Waals surface area contributed by atoms with E-state index in [-0.39, 0.29) is 30.2 Å². The number of fused-ring (bicyclic) bond motifs is 1. The topological polar surface area (TPSA) is 75.9 Å². The van der Waals surface area contributed by atoms with Crippen LogP contribution in [-0.2, 0) is 17.8 Å². The summed E-state index contributed by atoms with van der Waals surface area (Å²) in [7, 11) is 1.72. The summed E-state index contributed by atoms with van der Waals surface area (Å²) >= 11 is 0. The zero-order chi connectivity index (χ0) is 24.9. The molecule has 1 aromatic heterocycles. The first kappa shape index (κ1) is 24.5. The summed E-state index contributed by atoms with van der Waals surface area (Å²) in [6.07, 6.45) is 2.69. The smallest absolute Gasteiger partial charge is 0.275 e. The van der Waals surface area contributed by atoms with Crippen molar-refractivity contribution < 1.29 is 18.7 Å². The van der Waals surface area contributed by atoms with Crippen molar-refractivity contribution in [2.24, 2.45) is 5.92 Å². The molecule has 7 heteroatoms. The number of carbonyl (C=O) groups excluding carboxylic acids is 2. The monoisotopic (exact) mass is 475 g/mol. The highest BCUT2D eigenvalue weighted by Crippen LogP contribution is 2.37. The Labute approximate surface area is 206 Å². The number of hydrogen-bond donors (Lipinski definition) is 0. The number of aromatic nitrogens is 1. The van der Waals surface area contributed by atoms with Crippen LogP contribution in [0.4, 0.5) is 0 Å². The van der Waals surface area contributed by atoms with Gasteiger partial charge < -0.3 is 19.0 Å². The van der Waals surface area contributed by atoms with Crippen LogP contribution in [0.25, 0.3) is 0 Å². The molecule has 0 bridgehead atoms. The fourth-order valence-corrected chi connectivity index (χ4v) is 4.37. The largest absolute Gasteiger partial charge is 0.484 e. The highest BCUT2D eigenvalue weighted by molar-refractivity contribution is 5.91. The number of carbonyl (C=O) groups is 2. The minimum Gasteiger partial charge on any atom is -0.484 e. The molecule has 0 spiro atoms. The molecule has 0 saturated heterocycles. The number of ether oxygens (including phenoxy) is 1. The lowest BCUT2D eigenvalue weighted by Gasteiger charge is -2.38. The predicted molar refractivity (Wildman–Crippen MR) is 133 cm³/mol. The molecule has 184 valence electrons. The summed E-state index contributed by atoms with van der Waals surface area (Å²) in [4.78, 5) is 33.3. The van der Waals surface area contributed by atoms with Gasteiger partial charge in [-0.05, 0) is 48.1 Å². The summed E-state index contributed by atoms with van der Waals surface area (Å²) in [5.74, 6) is 1.28. The van der Waals surface area contributed by atoms with Crippen LogP contribution in [0.2, 0.25) is 0 Å². The molecule has 0 N–H and O–H groups in total. The van der Waals surface area contributed by atoms with Crippen LogP contribution in [-0.4, -0.2) is 46.7 Å². The lowest BCUT2D eigenvalue weighted by atomic mass is 9.87. The molecule has 1 aliphatic heterocycles. The number of rotatable bonds is 8. The molecule has 7 nitrogen and oxygen atoms in total. The Bertz CT molecular complexity index is 1170. The average Bonchev–Trinajstić information content (AvgIpc) is 3.34. The zero-order valence-electron chi connectivity index (χ0n) is 20.9. The molecule has 35 heavy (non-hydrogen) atoms. The highest BCUT2D eigenvalue weighted by Gasteiger charge is 2.32. The van der Waals surface area contributed by atoms with E-state index in [1.165, 1.54) is 11.8 Å². The first-order valence-electron chi connectivity index (χ1n) is 12.2. The predicted octanol–water partition coefficient (Wildman–Crippen LogP) is 4.87. The van der Waals surface area contributed by atoms with Crippen LogP contribution in [0.1, 0.15) is 66.3 Å². The van der Waals surface area contributed by atoms with Crippen LogP contribution in [0.3, 0.4) is 0 Å². The van der Waals surface area contributed by atoms with Crippen molar-refractivity contribution in [3.8, 4) is 5.75 Å². The number of amides is 2. The van der Waals surface area contributed by atoms with Gasteiger partial charge in [0.1, 0.15) is 12.0 Å². The quantitative estimate of drug-likeness (QED) is 0.465. The third-order valence-electron chi connectivity index (χ3n) is 6.32. The molecule has 1 aliphatic rings. The molecule has 0 fully saturated rings. The van der Waals surface area contributed by atoms with E-state index in [1.807, 2.05) is 42.2 Å². The number of benzene rings is 2. The Kier molecular flexibility index (Phi) is 7.54. The standard InChI is InChI=1S/C28H33N3O4/c1-5-30(4)28(33)24-17-35-25(29-24)18-34-22-12-11-20-13-14-31(26(32)15-19(2)3)27(23(20)16-22)21-9-7-6-8-10-21/h6-12,16-17,19,27H,5,13-15,18H2,1-4H3. The lowest BCUT2D eigenvalue weighted by molar-refractivity contribution is -0.134. The van der Waals surface area contributed by atoms with Crippen molar-refractivity contribution in [1.29, 1.82) is 0 Å². The van der Waals surface area contributed by atoms with Crippen molar-refractivity contribution >= 4 is 11.8 Å². The van der Waals surface area contributed by atoms with E-state index in [1.54, 1.807) is 11.9 Å². The number of nitrogens with zero attached hydrogens (tertiary/aromatic N) is 3. The molecule has 0 radical (unpaired) electrons. The van der Waals surface area contributed by atoms with Crippen LogP contribution in [0.15, 0.2) is 59.2 Å². The van der Waals surface area contributed by atoms with Gasteiger partial charge in [0.2, 0.25) is 11.8 Å². The van der Waals surface area contributed by atoms with Gasteiger partial charge >= 0.3 is 0 Å². The summed E-state index contributed by atoms with van der Waals surface area (Å²) in [5.41, 5.74) is 3.64. The molecule has 1 atom stereocenters. The van der Waals surface area contributed by atoms with E-state index in [4.69, 9.17) is 9.15 Å². The molecule has 3 aromatic rings. The van der Waals surface area contributed by atoms with Crippen LogP contribution >= 0.6 is 0 Å². The Morgan fingerprint density at radius 2 is 1.97 bits per heavy atom. The second-order valence-corrected chi connectivity index (χ2v) is 9.34. The minimum absolute atomic E-state index is 0.105. The summed E-state index contributed by atoms with van der Waals surface area (Å²) in [5, 5.41) is 0. The van der Waals surface area contributed by atoms with Crippen LogP contribution in [0.5, 0.6) is 5.75 Å². The molecule has 1 unspecified atom stereocenters. The second kappa shape index (κ2) is 10.8. The molecular weight excluding hydrogens is 442 g/mol. The fourth-order valence-electron chi connectivity index (χ4n) is 4.37. The molecule has 0 saturated carbocycles. The van der Waals surface area contributed by atoms with E-state index >= 15 is 0 Å². The van der Waals surface area contributed by atoms with Gasteiger partial charge in [-0.25, -0.2) is 4.98 Å². The minimum atomic E-state index is -0.187. The van der Waals surface area contributed by atoms with Crippen molar-refractivity contribution in [2.75, 3.05) is 20.1 Å². The molecular formula is C28H33N3O4. The van der Waals surface area contributed by atoms with Crippen LogP contribution < -0.4 is 4.74 Å². The van der Waals surface area contributed by atoms with E-state index in [0.717, 1.165) is 17.5 Å². The third kappa shape index (κ3) is 5.56. The molecule has 4 rings (SSSR count). The maximum atomic E-state index is 13.2. The molecule has 0 aliphatic carbocycles. The fraction of sp³-hybridized carbons (Fsp3) is 0.393. The molecule has 2 amide bonds. The second-order valence-electron chi connectivity index (χ2n) is 9.34. The van der Waals surface area contributed by atoms with Gasteiger partial charge in [0.05, 0.1) is 6.04 Å². The van der Waals surface area contributed by atoms with Gasteiger partial charge in [-0.3, -0.25) is 9.59 Å². The first-order chi connectivity index (χ1) is 16.9. The number of oxazole rings is 1. The maximum Gasteiger partial charge on any atom is 0.275 e. The van der Waals surface area contributed by atoms with Crippen molar-refractivity contribution in [3.63, 3.8) is 0 Å². The SMILES string of the molecule is CCN(C)C(=O)c1coc(COc2ccc3c(c2)C(c2ccccc2)N(C(=O)CC(C)C)CC3)n1. The van der Waals surface area contributed by atoms with Gasteiger partial charge in [0, 0.05) is 26.6 Å². The Morgan fingerprint density at radius 3 is 2.69 bits per heavy atom. The first-order valence-corrected chi connectivity index (χ1v) is 12.2. The number of hydrogen-bond acceptors (Lipinski definition) is 5. The van der Waals surface area contributed by atoms with Crippen LogP contribution in [0, 0.1) is 5.92 Å². The van der Waals surface area contributed by atoms with Gasteiger partial charge in [-0.1, -0.05) is 50.2 Å². The lowest BCUT2D eigenvalue weighted by Crippen LogP contribution is -2.41. The van der Waals surface area contributed by atoms with E-state index in [2.05, 4.69) is 37.0 Å². The Hall–Kier alpha value is -3.61.